The molecule has 3 nitrogen and oxygen atoms in total. The Kier molecular flexibility index (Phi) is 4.02. The number of methoxy groups -OCH3 is 1. The van der Waals surface area contributed by atoms with E-state index in [4.69, 9.17) is 4.74 Å². The van der Waals surface area contributed by atoms with Gasteiger partial charge in [-0.2, -0.15) is 0 Å². The van der Waals surface area contributed by atoms with Gasteiger partial charge in [-0.3, -0.25) is 4.90 Å². The molecule has 0 saturated carbocycles. The summed E-state index contributed by atoms with van der Waals surface area (Å²) in [5.74, 6) is 0.974. The van der Waals surface area contributed by atoms with Gasteiger partial charge in [0.05, 0.1) is 7.11 Å². The monoisotopic (exact) mass is 234 g/mol. The summed E-state index contributed by atoms with van der Waals surface area (Å²) >= 11 is 0. The SMILES string of the molecule is COc1ccc(CN2CCNC(C)C2)cc1C. The number of nitrogens with zero attached hydrogens (tertiary/aromatic N) is 1. The van der Waals surface area contributed by atoms with Crippen molar-refractivity contribution in [1.82, 2.24) is 10.2 Å². The van der Waals surface area contributed by atoms with Gasteiger partial charge in [0.25, 0.3) is 0 Å². The third-order valence-electron chi connectivity index (χ3n) is 3.32. The molecule has 1 aromatic rings. The van der Waals surface area contributed by atoms with E-state index in [9.17, 15) is 0 Å². The van der Waals surface area contributed by atoms with Crippen LogP contribution in [0.1, 0.15) is 18.1 Å². The van der Waals surface area contributed by atoms with Crippen LogP contribution in [0.3, 0.4) is 0 Å². The second-order valence-corrected chi connectivity index (χ2v) is 4.89. The Labute approximate surface area is 104 Å². The summed E-state index contributed by atoms with van der Waals surface area (Å²) in [4.78, 5) is 2.50. The van der Waals surface area contributed by atoms with Crippen LogP contribution in [0, 0.1) is 6.92 Å². The van der Waals surface area contributed by atoms with E-state index in [-0.39, 0.29) is 0 Å². The molecule has 0 bridgehead atoms. The molecule has 1 N–H and O–H groups in total. The first kappa shape index (κ1) is 12.4. The molecule has 0 aromatic heterocycles. The van der Waals surface area contributed by atoms with Crippen LogP contribution in [0.2, 0.25) is 0 Å². The summed E-state index contributed by atoms with van der Waals surface area (Å²) in [6.07, 6.45) is 0. The highest BCUT2D eigenvalue weighted by Crippen LogP contribution is 2.19. The van der Waals surface area contributed by atoms with Gasteiger partial charge in [-0.15, -0.1) is 0 Å². The smallest absolute Gasteiger partial charge is 0.121 e. The number of rotatable bonds is 3. The summed E-state index contributed by atoms with van der Waals surface area (Å²) < 4.78 is 5.28. The molecule has 0 radical (unpaired) electrons. The van der Waals surface area contributed by atoms with Crippen LogP contribution in [0.15, 0.2) is 18.2 Å². The normalized spacial score (nSPS) is 21.5. The molecule has 0 spiro atoms. The average Bonchev–Trinajstić information content (AvgIpc) is 2.29. The van der Waals surface area contributed by atoms with E-state index in [2.05, 4.69) is 42.3 Å². The fourth-order valence-corrected chi connectivity index (χ4v) is 2.45. The van der Waals surface area contributed by atoms with Crippen LogP contribution in [-0.2, 0) is 6.54 Å². The van der Waals surface area contributed by atoms with Crippen molar-refractivity contribution in [2.45, 2.75) is 26.4 Å². The van der Waals surface area contributed by atoms with Crippen molar-refractivity contribution in [2.75, 3.05) is 26.7 Å². The largest absolute Gasteiger partial charge is 0.496 e. The Balaban J connectivity index is 2.00. The number of hydrogen-bond donors (Lipinski definition) is 1. The summed E-state index contributed by atoms with van der Waals surface area (Å²) in [7, 11) is 1.72. The van der Waals surface area contributed by atoms with Gasteiger partial charge in [0.1, 0.15) is 5.75 Å². The van der Waals surface area contributed by atoms with Gasteiger partial charge >= 0.3 is 0 Å². The predicted octanol–water partition coefficient (Wildman–Crippen LogP) is 1.80. The van der Waals surface area contributed by atoms with Gasteiger partial charge in [-0.05, 0) is 31.0 Å². The van der Waals surface area contributed by atoms with Crippen LogP contribution < -0.4 is 10.1 Å². The fourth-order valence-electron chi connectivity index (χ4n) is 2.45. The number of benzene rings is 1. The van der Waals surface area contributed by atoms with Crippen molar-refractivity contribution < 1.29 is 4.74 Å². The lowest BCUT2D eigenvalue weighted by Crippen LogP contribution is -2.48. The third-order valence-corrected chi connectivity index (χ3v) is 3.32. The maximum atomic E-state index is 5.28. The molecule has 1 atom stereocenters. The predicted molar refractivity (Wildman–Crippen MR) is 70.5 cm³/mol. The Bertz CT molecular complexity index is 378. The van der Waals surface area contributed by atoms with Gasteiger partial charge in [0, 0.05) is 32.2 Å². The van der Waals surface area contributed by atoms with Crippen LogP contribution in [-0.4, -0.2) is 37.7 Å². The summed E-state index contributed by atoms with van der Waals surface area (Å²) in [6.45, 7) is 8.74. The minimum atomic E-state index is 0.600. The molecule has 0 amide bonds. The number of nitrogens with one attached hydrogen (secondary N) is 1. The highest BCUT2D eigenvalue weighted by molar-refractivity contribution is 5.36. The van der Waals surface area contributed by atoms with E-state index < -0.39 is 0 Å². The number of ether oxygens (including phenoxy) is 1. The number of aryl methyl sites for hydroxylation is 1. The molecule has 1 saturated heterocycles. The van der Waals surface area contributed by atoms with Crippen LogP contribution >= 0.6 is 0 Å². The van der Waals surface area contributed by atoms with Crippen LogP contribution in [0.5, 0.6) is 5.75 Å². The first-order chi connectivity index (χ1) is 8.19. The van der Waals surface area contributed by atoms with Crippen molar-refractivity contribution >= 4 is 0 Å². The molecular weight excluding hydrogens is 212 g/mol. The topological polar surface area (TPSA) is 24.5 Å². The first-order valence-corrected chi connectivity index (χ1v) is 6.28. The highest BCUT2D eigenvalue weighted by Gasteiger charge is 2.15. The Hall–Kier alpha value is -1.06. The molecule has 2 rings (SSSR count). The van der Waals surface area contributed by atoms with Crippen molar-refractivity contribution in [3.05, 3.63) is 29.3 Å². The molecule has 1 aliphatic rings. The van der Waals surface area contributed by atoms with Crippen molar-refractivity contribution in [3.63, 3.8) is 0 Å². The van der Waals surface area contributed by atoms with Gasteiger partial charge in [-0.25, -0.2) is 0 Å². The van der Waals surface area contributed by atoms with E-state index in [1.54, 1.807) is 7.11 Å². The molecule has 1 fully saturated rings. The van der Waals surface area contributed by atoms with E-state index in [0.717, 1.165) is 31.9 Å². The fraction of sp³-hybridized carbons (Fsp3) is 0.571. The summed E-state index contributed by atoms with van der Waals surface area (Å²) in [5, 5.41) is 3.47. The van der Waals surface area contributed by atoms with Crippen LogP contribution in [0.25, 0.3) is 0 Å². The molecule has 1 unspecified atom stereocenters. The second-order valence-electron chi connectivity index (χ2n) is 4.89. The maximum absolute atomic E-state index is 5.28. The average molecular weight is 234 g/mol. The molecule has 17 heavy (non-hydrogen) atoms. The van der Waals surface area contributed by atoms with Crippen molar-refractivity contribution in [2.24, 2.45) is 0 Å². The zero-order valence-corrected chi connectivity index (χ0v) is 11.0. The van der Waals surface area contributed by atoms with Crippen molar-refractivity contribution in [3.8, 4) is 5.75 Å². The Morgan fingerprint density at radius 1 is 1.47 bits per heavy atom. The van der Waals surface area contributed by atoms with Gasteiger partial charge in [0.2, 0.25) is 0 Å². The molecule has 1 heterocycles. The van der Waals surface area contributed by atoms with E-state index in [1.807, 2.05) is 0 Å². The van der Waals surface area contributed by atoms with E-state index in [1.165, 1.54) is 11.1 Å². The van der Waals surface area contributed by atoms with Crippen molar-refractivity contribution in [1.29, 1.82) is 0 Å². The lowest BCUT2D eigenvalue weighted by atomic mass is 10.1. The maximum Gasteiger partial charge on any atom is 0.121 e. The Morgan fingerprint density at radius 2 is 2.29 bits per heavy atom. The molecule has 1 aromatic carbocycles. The zero-order valence-electron chi connectivity index (χ0n) is 11.0. The second kappa shape index (κ2) is 5.52. The molecule has 3 heteroatoms. The van der Waals surface area contributed by atoms with Gasteiger partial charge in [0.15, 0.2) is 0 Å². The van der Waals surface area contributed by atoms with E-state index in [0.29, 0.717) is 6.04 Å². The highest BCUT2D eigenvalue weighted by atomic mass is 16.5. The number of hydrogen-bond acceptors (Lipinski definition) is 3. The molecular formula is C14H22N2O. The summed E-state index contributed by atoms with van der Waals surface area (Å²) in [6, 6.07) is 7.06. The molecule has 0 aliphatic carbocycles. The minimum absolute atomic E-state index is 0.600. The van der Waals surface area contributed by atoms with Crippen LogP contribution in [0.4, 0.5) is 0 Å². The first-order valence-electron chi connectivity index (χ1n) is 6.28. The summed E-state index contributed by atoms with van der Waals surface area (Å²) in [5.41, 5.74) is 2.59. The standard InChI is InChI=1S/C14H22N2O/c1-11-8-13(4-5-14(11)17-3)10-16-7-6-15-12(2)9-16/h4-5,8,12,15H,6-7,9-10H2,1-3H3. The number of piperazine rings is 1. The zero-order chi connectivity index (χ0) is 12.3. The van der Waals surface area contributed by atoms with Gasteiger partial charge in [-0.1, -0.05) is 12.1 Å². The molecule has 94 valence electrons. The quantitative estimate of drug-likeness (QED) is 0.863. The molecule has 1 aliphatic heterocycles. The lowest BCUT2D eigenvalue weighted by Gasteiger charge is -2.31. The van der Waals surface area contributed by atoms with E-state index >= 15 is 0 Å². The Morgan fingerprint density at radius 3 is 2.94 bits per heavy atom. The minimum Gasteiger partial charge on any atom is -0.496 e. The third kappa shape index (κ3) is 3.20. The lowest BCUT2D eigenvalue weighted by molar-refractivity contribution is 0.199. The van der Waals surface area contributed by atoms with Gasteiger partial charge < -0.3 is 10.1 Å².